The number of fused-ring (bicyclic) bond motifs is 2. The Hall–Kier alpha value is -2.24. The Balaban J connectivity index is 2.54. The summed E-state index contributed by atoms with van der Waals surface area (Å²) in [6, 6.07) is 3.26. The summed E-state index contributed by atoms with van der Waals surface area (Å²) >= 11 is 0. The molecule has 6 heteroatoms. The van der Waals surface area contributed by atoms with Crippen molar-refractivity contribution in [3.63, 3.8) is 0 Å². The molecular weight excluding hydrogens is 184 g/mol. The monoisotopic (exact) mass is 188 g/mol. The molecule has 2 heterocycles. The van der Waals surface area contributed by atoms with Crippen LogP contribution >= 0.6 is 0 Å². The molecule has 0 aliphatic carbocycles. The first kappa shape index (κ1) is 7.19. The third-order valence-corrected chi connectivity index (χ3v) is 1.98. The molecule has 14 heavy (non-hydrogen) atoms. The minimum atomic E-state index is 0.351. The molecule has 2 aromatic heterocycles. The molecule has 0 saturated heterocycles. The van der Waals surface area contributed by atoms with Crippen molar-refractivity contribution in [3.05, 3.63) is 29.7 Å². The highest BCUT2D eigenvalue weighted by Crippen LogP contribution is 2.14. The number of hydrogen-bond acceptors (Lipinski definition) is 5. The van der Waals surface area contributed by atoms with Gasteiger partial charge in [0.25, 0.3) is 5.52 Å². The fraction of sp³-hybridized carbons (Fsp3) is 0. The van der Waals surface area contributed by atoms with Gasteiger partial charge in [0.15, 0.2) is 0 Å². The molecule has 0 fully saturated rings. The lowest BCUT2D eigenvalue weighted by molar-refractivity contribution is -0.782. The zero-order chi connectivity index (χ0) is 9.54. The molecule has 0 spiro atoms. The van der Waals surface area contributed by atoms with Gasteiger partial charge in [-0.1, -0.05) is 0 Å². The van der Waals surface area contributed by atoms with Crippen LogP contribution in [0.3, 0.4) is 0 Å². The summed E-state index contributed by atoms with van der Waals surface area (Å²) in [7, 11) is 0. The second-order valence-electron chi connectivity index (χ2n) is 2.82. The topological polar surface area (TPSA) is 78.8 Å². The van der Waals surface area contributed by atoms with Crippen molar-refractivity contribution in [2.75, 3.05) is 0 Å². The fourth-order valence-corrected chi connectivity index (χ4v) is 1.33. The van der Waals surface area contributed by atoms with E-state index in [9.17, 15) is 5.21 Å². The maximum absolute atomic E-state index is 11.1. The average Bonchev–Trinajstić information content (AvgIpc) is 2.57. The molecular formula is C8H4N4O2. The van der Waals surface area contributed by atoms with Crippen molar-refractivity contribution in [1.82, 2.24) is 15.1 Å². The van der Waals surface area contributed by atoms with Crippen LogP contribution in [0.1, 0.15) is 0 Å². The van der Waals surface area contributed by atoms with Gasteiger partial charge in [-0.15, -0.1) is 0 Å². The van der Waals surface area contributed by atoms with E-state index in [0.29, 0.717) is 27.0 Å². The summed E-state index contributed by atoms with van der Waals surface area (Å²) in [4.78, 5) is 8.50. The van der Waals surface area contributed by atoms with Gasteiger partial charge >= 0.3 is 0 Å². The first-order valence-corrected chi connectivity index (χ1v) is 3.95. The Kier molecular flexibility index (Phi) is 1.22. The molecule has 0 aliphatic rings. The van der Waals surface area contributed by atoms with Gasteiger partial charge in [-0.05, 0) is 4.90 Å². The summed E-state index contributed by atoms with van der Waals surface area (Å²) in [5, 5.41) is 14.6. The van der Waals surface area contributed by atoms with E-state index in [-0.39, 0.29) is 0 Å². The van der Waals surface area contributed by atoms with Crippen LogP contribution in [0.4, 0.5) is 0 Å². The zero-order valence-electron chi connectivity index (χ0n) is 6.91. The van der Waals surface area contributed by atoms with Gasteiger partial charge in [-0.3, -0.25) is 14.6 Å². The van der Waals surface area contributed by atoms with Gasteiger partial charge < -0.3 is 5.21 Å². The van der Waals surface area contributed by atoms with Gasteiger partial charge in [-0.2, -0.15) is 0 Å². The molecule has 0 amide bonds. The smallest absolute Gasteiger partial charge is 0.250 e. The Bertz CT molecular complexity index is 619. The Morgan fingerprint density at radius 2 is 1.79 bits per heavy atom. The SMILES string of the molecule is [O-][n+]1onc2cc3nccnc3cc21. The molecule has 0 N–H and O–H groups in total. The lowest BCUT2D eigenvalue weighted by Gasteiger charge is -1.92. The van der Waals surface area contributed by atoms with Crippen molar-refractivity contribution in [3.8, 4) is 0 Å². The van der Waals surface area contributed by atoms with E-state index in [2.05, 4.69) is 19.8 Å². The lowest BCUT2D eigenvalue weighted by atomic mass is 10.2. The van der Waals surface area contributed by atoms with Crippen LogP contribution < -0.4 is 4.90 Å². The minimum absolute atomic E-state index is 0.351. The Morgan fingerprint density at radius 3 is 2.57 bits per heavy atom. The summed E-state index contributed by atoms with van der Waals surface area (Å²) in [5.74, 6) is 0. The van der Waals surface area contributed by atoms with Crippen LogP contribution in [0.25, 0.3) is 22.1 Å². The van der Waals surface area contributed by atoms with E-state index in [1.54, 1.807) is 24.5 Å². The number of aromatic nitrogens is 4. The summed E-state index contributed by atoms with van der Waals surface area (Å²) < 4.78 is 4.44. The number of rotatable bonds is 0. The molecule has 0 unspecified atom stereocenters. The number of benzene rings is 1. The number of hydrogen-bond donors (Lipinski definition) is 0. The van der Waals surface area contributed by atoms with Crippen molar-refractivity contribution >= 4 is 22.1 Å². The maximum atomic E-state index is 11.1. The standard InChI is InChI=1S/C8H4N4O2/c13-12-8-4-6-5(9-1-2-10-6)3-7(8)11-14-12/h1-4H. The van der Waals surface area contributed by atoms with Gasteiger partial charge in [0.05, 0.1) is 11.0 Å². The molecule has 6 nitrogen and oxygen atoms in total. The number of nitrogens with zero attached hydrogens (tertiary/aromatic N) is 4. The largest absolute Gasteiger partial charge is 0.359 e. The first-order chi connectivity index (χ1) is 6.84. The predicted octanol–water partition coefficient (Wildman–Crippen LogP) is 0.404. The maximum Gasteiger partial charge on any atom is 0.250 e. The lowest BCUT2D eigenvalue weighted by Crippen LogP contribution is -2.22. The van der Waals surface area contributed by atoms with Crippen LogP contribution in [0.2, 0.25) is 0 Å². The van der Waals surface area contributed by atoms with Crippen molar-refractivity contribution < 1.29 is 9.53 Å². The normalized spacial score (nSPS) is 11.1. The highest BCUT2D eigenvalue weighted by atomic mass is 16.8. The Labute approximate surface area is 77.3 Å². The van der Waals surface area contributed by atoms with E-state index in [1.807, 2.05) is 0 Å². The molecule has 3 aromatic rings. The molecule has 3 rings (SSSR count). The Morgan fingerprint density at radius 1 is 1.07 bits per heavy atom. The fourth-order valence-electron chi connectivity index (χ4n) is 1.33. The summed E-state index contributed by atoms with van der Waals surface area (Å²) in [5.41, 5.74) is 2.17. The minimum Gasteiger partial charge on any atom is -0.359 e. The van der Waals surface area contributed by atoms with Crippen LogP contribution in [-0.2, 0) is 0 Å². The molecule has 0 aliphatic heterocycles. The van der Waals surface area contributed by atoms with E-state index >= 15 is 0 Å². The molecule has 0 bridgehead atoms. The third kappa shape index (κ3) is 0.846. The summed E-state index contributed by atoms with van der Waals surface area (Å²) in [6.07, 6.45) is 3.15. The molecule has 0 atom stereocenters. The van der Waals surface area contributed by atoms with Crippen LogP contribution in [0.5, 0.6) is 0 Å². The van der Waals surface area contributed by atoms with Crippen LogP contribution in [0.15, 0.2) is 29.2 Å². The summed E-state index contributed by atoms with van der Waals surface area (Å²) in [6.45, 7) is 0. The first-order valence-electron chi connectivity index (χ1n) is 3.95. The van der Waals surface area contributed by atoms with Gasteiger partial charge in [-0.25, -0.2) is 0 Å². The average molecular weight is 188 g/mol. The van der Waals surface area contributed by atoms with Crippen molar-refractivity contribution in [2.24, 2.45) is 0 Å². The molecule has 0 radical (unpaired) electrons. The van der Waals surface area contributed by atoms with E-state index in [4.69, 9.17) is 0 Å². The predicted molar refractivity (Wildman–Crippen MR) is 46.1 cm³/mol. The van der Waals surface area contributed by atoms with Crippen molar-refractivity contribution in [2.45, 2.75) is 0 Å². The quantitative estimate of drug-likeness (QED) is 0.477. The zero-order valence-corrected chi connectivity index (χ0v) is 6.91. The molecule has 68 valence electrons. The highest BCUT2D eigenvalue weighted by Gasteiger charge is 2.10. The van der Waals surface area contributed by atoms with E-state index < -0.39 is 0 Å². The third-order valence-electron chi connectivity index (χ3n) is 1.98. The second kappa shape index (κ2) is 2.38. The van der Waals surface area contributed by atoms with Crippen LogP contribution in [0, 0.1) is 5.21 Å². The second-order valence-corrected chi connectivity index (χ2v) is 2.82. The molecule has 0 saturated carbocycles. The molecule has 1 aromatic carbocycles. The highest BCUT2D eigenvalue weighted by molar-refractivity contribution is 5.88. The van der Waals surface area contributed by atoms with Gasteiger partial charge in [0.2, 0.25) is 5.52 Å². The van der Waals surface area contributed by atoms with Crippen molar-refractivity contribution in [1.29, 1.82) is 0 Å². The van der Waals surface area contributed by atoms with Gasteiger partial charge in [0, 0.05) is 29.7 Å². The van der Waals surface area contributed by atoms with E-state index in [0.717, 1.165) is 0 Å². The van der Waals surface area contributed by atoms with E-state index in [1.165, 1.54) is 0 Å². The van der Waals surface area contributed by atoms with Crippen LogP contribution in [-0.4, -0.2) is 15.1 Å². The van der Waals surface area contributed by atoms with Gasteiger partial charge in [0.1, 0.15) is 0 Å².